The first-order valence-electron chi connectivity index (χ1n) is 9.27. The van der Waals surface area contributed by atoms with Gasteiger partial charge in [-0.15, -0.1) is 0 Å². The van der Waals surface area contributed by atoms with E-state index >= 15 is 0 Å². The van der Waals surface area contributed by atoms with Crippen molar-refractivity contribution in [3.05, 3.63) is 0 Å². The van der Waals surface area contributed by atoms with Gasteiger partial charge in [0.1, 0.15) is 5.60 Å². The Labute approximate surface area is 141 Å². The first-order valence-corrected chi connectivity index (χ1v) is 9.27. The SMILES string of the molecule is CC(C)(C)OC(=O)N1CCCC(NCCC2CCCCO2)CC1. The summed E-state index contributed by atoms with van der Waals surface area (Å²) in [5.41, 5.74) is -0.416. The van der Waals surface area contributed by atoms with E-state index in [1.807, 2.05) is 25.7 Å². The fraction of sp³-hybridized carbons (Fsp3) is 0.944. The van der Waals surface area contributed by atoms with Crippen LogP contribution < -0.4 is 5.32 Å². The quantitative estimate of drug-likeness (QED) is 0.861. The molecule has 0 aromatic rings. The zero-order valence-electron chi connectivity index (χ0n) is 15.1. The highest BCUT2D eigenvalue weighted by Crippen LogP contribution is 2.17. The summed E-state index contributed by atoms with van der Waals surface area (Å²) in [5.74, 6) is 0. The van der Waals surface area contributed by atoms with Gasteiger partial charge in [0.05, 0.1) is 6.10 Å². The molecule has 2 rings (SSSR count). The lowest BCUT2D eigenvalue weighted by Crippen LogP contribution is -2.38. The molecule has 1 amide bonds. The van der Waals surface area contributed by atoms with Crippen LogP contribution >= 0.6 is 0 Å². The molecule has 0 aliphatic carbocycles. The minimum atomic E-state index is -0.416. The molecule has 0 aromatic heterocycles. The lowest BCUT2D eigenvalue weighted by Gasteiger charge is -2.26. The molecule has 5 heteroatoms. The molecule has 0 bridgehead atoms. The topological polar surface area (TPSA) is 50.8 Å². The molecule has 2 unspecified atom stereocenters. The van der Waals surface area contributed by atoms with Gasteiger partial charge < -0.3 is 19.7 Å². The third kappa shape index (κ3) is 7.08. The van der Waals surface area contributed by atoms with Crippen molar-refractivity contribution in [1.29, 1.82) is 0 Å². The number of carbonyl (C=O) groups is 1. The maximum atomic E-state index is 12.2. The molecule has 2 saturated heterocycles. The number of nitrogens with one attached hydrogen (secondary N) is 1. The van der Waals surface area contributed by atoms with Crippen molar-refractivity contribution in [2.75, 3.05) is 26.2 Å². The summed E-state index contributed by atoms with van der Waals surface area (Å²) in [6.07, 6.45) is 8.28. The van der Waals surface area contributed by atoms with Crippen molar-refractivity contribution in [3.8, 4) is 0 Å². The van der Waals surface area contributed by atoms with E-state index in [4.69, 9.17) is 9.47 Å². The molecule has 0 aromatic carbocycles. The Morgan fingerprint density at radius 1 is 1.17 bits per heavy atom. The van der Waals surface area contributed by atoms with Crippen LogP contribution in [0.1, 0.15) is 65.7 Å². The van der Waals surface area contributed by atoms with Crippen LogP contribution in [-0.2, 0) is 9.47 Å². The van der Waals surface area contributed by atoms with Gasteiger partial charge in [0, 0.05) is 25.7 Å². The summed E-state index contributed by atoms with van der Waals surface area (Å²) in [7, 11) is 0. The predicted octanol–water partition coefficient (Wildman–Crippen LogP) is 3.32. The van der Waals surface area contributed by atoms with Gasteiger partial charge in [-0.3, -0.25) is 0 Å². The maximum Gasteiger partial charge on any atom is 0.410 e. The van der Waals surface area contributed by atoms with Crippen molar-refractivity contribution in [1.82, 2.24) is 10.2 Å². The van der Waals surface area contributed by atoms with Crippen molar-refractivity contribution < 1.29 is 14.3 Å². The molecule has 0 spiro atoms. The van der Waals surface area contributed by atoms with Gasteiger partial charge in [-0.2, -0.15) is 0 Å². The second-order valence-electron chi connectivity index (χ2n) is 7.83. The van der Waals surface area contributed by atoms with Crippen molar-refractivity contribution in [2.24, 2.45) is 0 Å². The van der Waals surface area contributed by atoms with E-state index in [-0.39, 0.29) is 6.09 Å². The highest BCUT2D eigenvalue weighted by molar-refractivity contribution is 5.68. The standard InChI is InChI=1S/C18H34N2O3/c1-18(2,3)23-17(21)20-12-6-7-15(10-13-20)19-11-9-16-8-4-5-14-22-16/h15-16,19H,4-14H2,1-3H3. The fourth-order valence-corrected chi connectivity index (χ4v) is 3.29. The molecule has 2 heterocycles. The van der Waals surface area contributed by atoms with E-state index in [2.05, 4.69) is 5.32 Å². The second kappa shape index (κ2) is 8.88. The van der Waals surface area contributed by atoms with Gasteiger partial charge in [0.2, 0.25) is 0 Å². The van der Waals surface area contributed by atoms with Crippen LogP contribution in [0.15, 0.2) is 0 Å². The summed E-state index contributed by atoms with van der Waals surface area (Å²) >= 11 is 0. The fourth-order valence-electron chi connectivity index (χ4n) is 3.29. The number of nitrogens with zero attached hydrogens (tertiary/aromatic N) is 1. The summed E-state index contributed by atoms with van der Waals surface area (Å²) in [5, 5.41) is 3.66. The van der Waals surface area contributed by atoms with Gasteiger partial charge in [0.15, 0.2) is 0 Å². The average Bonchev–Trinajstić information content (AvgIpc) is 2.72. The first-order chi connectivity index (χ1) is 10.9. The molecule has 134 valence electrons. The summed E-state index contributed by atoms with van der Waals surface area (Å²) in [6, 6.07) is 0.506. The molecule has 0 radical (unpaired) electrons. The van der Waals surface area contributed by atoms with Crippen LogP contribution in [0.5, 0.6) is 0 Å². The van der Waals surface area contributed by atoms with Crippen LogP contribution in [0, 0.1) is 0 Å². The normalized spacial score (nSPS) is 26.7. The monoisotopic (exact) mass is 326 g/mol. The van der Waals surface area contributed by atoms with Crippen molar-refractivity contribution in [2.45, 2.75) is 83.5 Å². The summed E-state index contributed by atoms with van der Waals surface area (Å²) < 4.78 is 11.3. The Hall–Kier alpha value is -0.810. The summed E-state index contributed by atoms with van der Waals surface area (Å²) in [6.45, 7) is 9.29. The van der Waals surface area contributed by atoms with Crippen LogP contribution in [0.3, 0.4) is 0 Å². The predicted molar refractivity (Wildman–Crippen MR) is 91.7 cm³/mol. The lowest BCUT2D eigenvalue weighted by atomic mass is 10.1. The first kappa shape index (κ1) is 18.5. The molecule has 2 atom stereocenters. The number of carbonyl (C=O) groups excluding carboxylic acids is 1. The third-order valence-electron chi connectivity index (χ3n) is 4.55. The van der Waals surface area contributed by atoms with Crippen LogP contribution in [0.2, 0.25) is 0 Å². The smallest absolute Gasteiger partial charge is 0.410 e. The van der Waals surface area contributed by atoms with E-state index in [0.717, 1.165) is 51.9 Å². The Morgan fingerprint density at radius 2 is 2.00 bits per heavy atom. The zero-order chi connectivity index (χ0) is 16.7. The van der Waals surface area contributed by atoms with E-state index in [1.54, 1.807) is 0 Å². The Morgan fingerprint density at radius 3 is 2.70 bits per heavy atom. The van der Waals surface area contributed by atoms with Crippen LogP contribution in [-0.4, -0.2) is 55.0 Å². The number of hydrogen-bond donors (Lipinski definition) is 1. The molecule has 2 aliphatic heterocycles. The molecule has 1 N–H and O–H groups in total. The number of ether oxygens (including phenoxy) is 2. The molecule has 5 nitrogen and oxygen atoms in total. The van der Waals surface area contributed by atoms with Gasteiger partial charge in [-0.1, -0.05) is 0 Å². The van der Waals surface area contributed by atoms with Gasteiger partial charge in [-0.05, 0) is 72.3 Å². The number of hydrogen-bond acceptors (Lipinski definition) is 4. The minimum absolute atomic E-state index is 0.172. The lowest BCUT2D eigenvalue weighted by molar-refractivity contribution is 0.0111. The van der Waals surface area contributed by atoms with E-state index in [0.29, 0.717) is 12.1 Å². The van der Waals surface area contributed by atoms with Crippen LogP contribution in [0.25, 0.3) is 0 Å². The minimum Gasteiger partial charge on any atom is -0.444 e. The number of rotatable bonds is 4. The summed E-state index contributed by atoms with van der Waals surface area (Å²) in [4.78, 5) is 14.0. The maximum absolute atomic E-state index is 12.2. The molecule has 0 saturated carbocycles. The third-order valence-corrected chi connectivity index (χ3v) is 4.55. The Bertz CT molecular complexity index is 362. The van der Waals surface area contributed by atoms with Crippen molar-refractivity contribution >= 4 is 6.09 Å². The molecule has 2 fully saturated rings. The van der Waals surface area contributed by atoms with E-state index < -0.39 is 5.60 Å². The average molecular weight is 326 g/mol. The molecular weight excluding hydrogens is 292 g/mol. The molecule has 2 aliphatic rings. The van der Waals surface area contributed by atoms with E-state index in [1.165, 1.54) is 19.3 Å². The highest BCUT2D eigenvalue weighted by Gasteiger charge is 2.25. The van der Waals surface area contributed by atoms with Gasteiger partial charge >= 0.3 is 6.09 Å². The van der Waals surface area contributed by atoms with Crippen molar-refractivity contribution in [3.63, 3.8) is 0 Å². The molecular formula is C18H34N2O3. The number of amides is 1. The zero-order valence-corrected chi connectivity index (χ0v) is 15.1. The second-order valence-corrected chi connectivity index (χ2v) is 7.83. The largest absolute Gasteiger partial charge is 0.444 e. The van der Waals surface area contributed by atoms with Gasteiger partial charge in [0.25, 0.3) is 0 Å². The Balaban J connectivity index is 1.66. The number of likely N-dealkylation sites (tertiary alicyclic amines) is 1. The van der Waals surface area contributed by atoms with Gasteiger partial charge in [-0.25, -0.2) is 4.79 Å². The van der Waals surface area contributed by atoms with Crippen LogP contribution in [0.4, 0.5) is 4.79 Å². The molecule has 23 heavy (non-hydrogen) atoms. The van der Waals surface area contributed by atoms with E-state index in [9.17, 15) is 4.79 Å². The Kier molecular flexibility index (Phi) is 7.15. The highest BCUT2D eigenvalue weighted by atomic mass is 16.6.